The predicted octanol–water partition coefficient (Wildman–Crippen LogP) is 2.62. The number of esters is 1. The zero-order valence-corrected chi connectivity index (χ0v) is 18.7. The highest BCUT2D eigenvalue weighted by molar-refractivity contribution is 5.94. The fourth-order valence-electron chi connectivity index (χ4n) is 5.69. The second-order valence-corrected chi connectivity index (χ2v) is 9.67. The average Bonchev–Trinajstić information content (AvgIpc) is 3.55. The first-order valence-corrected chi connectivity index (χ1v) is 11.5. The molecule has 33 heavy (non-hydrogen) atoms. The molecule has 6 rings (SSSR count). The Balaban J connectivity index is 1.08. The Morgan fingerprint density at radius 3 is 2.85 bits per heavy atom. The number of aliphatic hydroxyl groups is 1. The van der Waals surface area contributed by atoms with E-state index in [1.807, 2.05) is 25.3 Å². The van der Waals surface area contributed by atoms with E-state index in [1.165, 1.54) is 0 Å². The van der Waals surface area contributed by atoms with E-state index < -0.39 is 6.10 Å². The summed E-state index contributed by atoms with van der Waals surface area (Å²) in [7, 11) is 0. The summed E-state index contributed by atoms with van der Waals surface area (Å²) in [5, 5.41) is 18.7. The van der Waals surface area contributed by atoms with Crippen molar-refractivity contribution in [1.29, 1.82) is 0 Å². The van der Waals surface area contributed by atoms with Crippen LogP contribution in [0.4, 0.5) is 5.69 Å². The van der Waals surface area contributed by atoms with Crippen molar-refractivity contribution in [3.63, 3.8) is 0 Å². The van der Waals surface area contributed by atoms with Gasteiger partial charge in [0.15, 0.2) is 5.52 Å². The fourth-order valence-corrected chi connectivity index (χ4v) is 5.69. The lowest BCUT2D eigenvalue weighted by molar-refractivity contribution is 0.0534. The molecule has 2 aromatic heterocycles. The monoisotopic (exact) mass is 449 g/mol. The van der Waals surface area contributed by atoms with Gasteiger partial charge in [-0.05, 0) is 78.3 Å². The third kappa shape index (κ3) is 3.55. The summed E-state index contributed by atoms with van der Waals surface area (Å²) in [6, 6.07) is 5.66. The number of hydrogen-bond donors (Lipinski definition) is 1. The number of anilines is 1. The Labute approximate surface area is 191 Å². The van der Waals surface area contributed by atoms with Gasteiger partial charge >= 0.3 is 5.97 Å². The van der Waals surface area contributed by atoms with Crippen LogP contribution in [0.5, 0.6) is 0 Å². The smallest absolute Gasteiger partial charge is 0.338 e. The Morgan fingerprint density at radius 1 is 1.18 bits per heavy atom. The van der Waals surface area contributed by atoms with Crippen molar-refractivity contribution in [1.82, 2.24) is 20.2 Å². The topological polar surface area (TPSA) is 105 Å². The molecule has 9 nitrogen and oxygen atoms in total. The first-order chi connectivity index (χ1) is 16.0. The molecule has 0 aliphatic carbocycles. The van der Waals surface area contributed by atoms with Gasteiger partial charge in [-0.2, -0.15) is 0 Å². The number of aromatic nitrogens is 3. The van der Waals surface area contributed by atoms with E-state index >= 15 is 0 Å². The molecule has 0 bridgehead atoms. The maximum absolute atomic E-state index is 11.8. The van der Waals surface area contributed by atoms with Crippen LogP contribution >= 0.6 is 0 Å². The van der Waals surface area contributed by atoms with Crippen molar-refractivity contribution >= 4 is 22.8 Å². The van der Waals surface area contributed by atoms with E-state index in [2.05, 4.69) is 25.1 Å². The van der Waals surface area contributed by atoms with Crippen molar-refractivity contribution in [2.24, 2.45) is 5.41 Å². The number of piperidine rings is 1. The van der Waals surface area contributed by atoms with E-state index in [0.717, 1.165) is 67.8 Å². The third-order valence-electron chi connectivity index (χ3n) is 7.82. The molecule has 1 unspecified atom stereocenters. The molecule has 172 valence electrons. The highest BCUT2D eigenvalue weighted by atomic mass is 16.6. The summed E-state index contributed by atoms with van der Waals surface area (Å²) in [5.41, 5.74) is 6.01. The molecule has 1 atom stereocenters. The van der Waals surface area contributed by atoms with Crippen LogP contribution in [0.15, 0.2) is 29.0 Å². The molecule has 0 saturated carbocycles. The number of benzene rings is 1. The van der Waals surface area contributed by atoms with Gasteiger partial charge in [0.1, 0.15) is 6.61 Å². The lowest BCUT2D eigenvalue weighted by Gasteiger charge is -2.40. The number of hydrogen-bond acceptors (Lipinski definition) is 9. The number of fused-ring (bicyclic) bond motifs is 2. The Kier molecular flexibility index (Phi) is 4.84. The standard InChI is InChI=1S/C24H27N5O4/c1-15-17(2-3-18-19(15)13-32-23(18)31)21(30)12-28-7-4-24(5-8-28)6-9-29(14-24)16-10-20-22(25-11-16)27-33-26-20/h2-3,10-11,21,30H,4-9,12-14H2,1H3. The number of nitrogens with zero attached hydrogens (tertiary/aromatic N) is 5. The maximum atomic E-state index is 11.8. The van der Waals surface area contributed by atoms with Crippen LogP contribution < -0.4 is 4.90 Å². The molecule has 5 heterocycles. The van der Waals surface area contributed by atoms with Crippen LogP contribution in [0.1, 0.15) is 52.4 Å². The van der Waals surface area contributed by atoms with Gasteiger partial charge in [-0.25, -0.2) is 14.4 Å². The summed E-state index contributed by atoms with van der Waals surface area (Å²) in [6.07, 6.45) is 4.67. The Morgan fingerprint density at radius 2 is 2.00 bits per heavy atom. The van der Waals surface area contributed by atoms with Gasteiger partial charge in [-0.15, -0.1) is 0 Å². The van der Waals surface area contributed by atoms with E-state index in [1.54, 1.807) is 6.07 Å². The molecule has 9 heteroatoms. The minimum atomic E-state index is -0.575. The quantitative estimate of drug-likeness (QED) is 0.602. The van der Waals surface area contributed by atoms with E-state index in [4.69, 9.17) is 9.37 Å². The highest BCUT2D eigenvalue weighted by Gasteiger charge is 2.41. The number of pyridine rings is 1. The van der Waals surface area contributed by atoms with Crippen LogP contribution in [0.2, 0.25) is 0 Å². The number of ether oxygens (including phenoxy) is 1. The number of aliphatic hydroxyl groups excluding tert-OH is 1. The van der Waals surface area contributed by atoms with Crippen molar-refractivity contribution in [3.8, 4) is 0 Å². The molecule has 3 aromatic rings. The molecule has 1 aromatic carbocycles. The first kappa shape index (κ1) is 20.6. The Hall–Kier alpha value is -3.04. The predicted molar refractivity (Wildman–Crippen MR) is 120 cm³/mol. The lowest BCUT2D eigenvalue weighted by Crippen LogP contribution is -2.43. The molecule has 0 amide bonds. The molecule has 1 N–H and O–H groups in total. The number of rotatable bonds is 4. The summed E-state index contributed by atoms with van der Waals surface area (Å²) in [6.45, 7) is 6.85. The number of likely N-dealkylation sites (tertiary alicyclic amines) is 1. The highest BCUT2D eigenvalue weighted by Crippen LogP contribution is 2.42. The van der Waals surface area contributed by atoms with Crippen LogP contribution in [0.3, 0.4) is 0 Å². The van der Waals surface area contributed by atoms with Crippen molar-refractivity contribution in [2.75, 3.05) is 37.6 Å². The van der Waals surface area contributed by atoms with Crippen molar-refractivity contribution in [3.05, 3.63) is 46.6 Å². The SMILES string of the molecule is Cc1c(C(O)CN2CCC3(CC2)CCN(c2cnc4nonc4c2)C3)ccc2c1COC2=O. The van der Waals surface area contributed by atoms with E-state index in [-0.39, 0.29) is 5.97 Å². The maximum Gasteiger partial charge on any atom is 0.338 e. The van der Waals surface area contributed by atoms with Crippen LogP contribution in [-0.2, 0) is 11.3 Å². The molecular formula is C24H27N5O4. The first-order valence-electron chi connectivity index (χ1n) is 11.5. The number of carbonyl (C=O) groups is 1. The van der Waals surface area contributed by atoms with Crippen molar-refractivity contribution < 1.29 is 19.3 Å². The second-order valence-electron chi connectivity index (χ2n) is 9.67. The van der Waals surface area contributed by atoms with Crippen LogP contribution in [0, 0.1) is 12.3 Å². The van der Waals surface area contributed by atoms with E-state index in [0.29, 0.717) is 35.3 Å². The minimum absolute atomic E-state index is 0.269. The van der Waals surface area contributed by atoms with Crippen LogP contribution in [0.25, 0.3) is 11.2 Å². The van der Waals surface area contributed by atoms with Gasteiger partial charge in [0.25, 0.3) is 0 Å². The van der Waals surface area contributed by atoms with Gasteiger partial charge in [0.2, 0.25) is 5.65 Å². The third-order valence-corrected chi connectivity index (χ3v) is 7.82. The summed E-state index contributed by atoms with van der Waals surface area (Å²) in [5.74, 6) is -0.269. The summed E-state index contributed by atoms with van der Waals surface area (Å²) >= 11 is 0. The molecule has 3 aliphatic rings. The zero-order chi connectivity index (χ0) is 22.6. The zero-order valence-electron chi connectivity index (χ0n) is 18.7. The molecule has 2 saturated heterocycles. The van der Waals surface area contributed by atoms with Gasteiger partial charge in [-0.3, -0.25) is 0 Å². The molecule has 1 spiro atoms. The molecule has 0 radical (unpaired) electrons. The van der Waals surface area contributed by atoms with E-state index in [9.17, 15) is 9.90 Å². The second kappa shape index (κ2) is 7.78. The lowest BCUT2D eigenvalue weighted by atomic mass is 9.77. The van der Waals surface area contributed by atoms with Gasteiger partial charge < -0.3 is 19.6 Å². The summed E-state index contributed by atoms with van der Waals surface area (Å²) in [4.78, 5) is 20.9. The van der Waals surface area contributed by atoms with Crippen LogP contribution in [-0.4, -0.2) is 64.0 Å². The Bertz CT molecular complexity index is 1220. The van der Waals surface area contributed by atoms with Gasteiger partial charge in [0, 0.05) is 25.2 Å². The van der Waals surface area contributed by atoms with Gasteiger partial charge in [0.05, 0.1) is 23.6 Å². The molecule has 3 aliphatic heterocycles. The summed E-state index contributed by atoms with van der Waals surface area (Å²) < 4.78 is 9.92. The largest absolute Gasteiger partial charge is 0.457 e. The van der Waals surface area contributed by atoms with Gasteiger partial charge in [-0.1, -0.05) is 6.07 Å². The number of β-amino-alcohol motifs (C(OH)–C–C–N with tert-alkyl or cyclic N) is 1. The average molecular weight is 450 g/mol. The minimum Gasteiger partial charge on any atom is -0.457 e. The normalized spacial score (nSPS) is 21.0. The molecule has 2 fully saturated rings. The molecular weight excluding hydrogens is 422 g/mol. The number of carbonyl (C=O) groups excluding carboxylic acids is 1. The fraction of sp³-hybridized carbons (Fsp3) is 0.500. The van der Waals surface area contributed by atoms with Crippen molar-refractivity contribution in [2.45, 2.75) is 38.9 Å². The number of cyclic esters (lactones) is 1.